The van der Waals surface area contributed by atoms with E-state index < -0.39 is 0 Å². The van der Waals surface area contributed by atoms with E-state index in [0.717, 1.165) is 16.8 Å². The SMILES string of the molecule is Cn1cc(-c2nc(-c3ccc(Cl)cc3)cnc2CO)cn1. The van der Waals surface area contributed by atoms with Crippen molar-refractivity contribution in [3.05, 3.63) is 53.6 Å². The van der Waals surface area contributed by atoms with Crippen molar-refractivity contribution in [3.63, 3.8) is 0 Å². The second-order valence-corrected chi connectivity index (χ2v) is 5.05. The first kappa shape index (κ1) is 13.7. The molecule has 6 heteroatoms. The smallest absolute Gasteiger partial charge is 0.0980 e. The van der Waals surface area contributed by atoms with E-state index in [0.29, 0.717) is 16.4 Å². The van der Waals surface area contributed by atoms with Crippen molar-refractivity contribution in [2.45, 2.75) is 6.61 Å². The first-order chi connectivity index (χ1) is 10.2. The van der Waals surface area contributed by atoms with Gasteiger partial charge >= 0.3 is 0 Å². The molecule has 0 fully saturated rings. The van der Waals surface area contributed by atoms with E-state index >= 15 is 0 Å². The molecule has 0 spiro atoms. The van der Waals surface area contributed by atoms with Crippen LogP contribution in [-0.4, -0.2) is 24.9 Å². The van der Waals surface area contributed by atoms with Gasteiger partial charge in [0.1, 0.15) is 0 Å². The highest BCUT2D eigenvalue weighted by molar-refractivity contribution is 6.30. The van der Waals surface area contributed by atoms with Crippen LogP contribution in [0.2, 0.25) is 5.02 Å². The van der Waals surface area contributed by atoms with Crippen LogP contribution < -0.4 is 0 Å². The van der Waals surface area contributed by atoms with Crippen molar-refractivity contribution < 1.29 is 5.11 Å². The Kier molecular flexibility index (Phi) is 3.68. The van der Waals surface area contributed by atoms with Crippen LogP contribution in [0.5, 0.6) is 0 Å². The summed E-state index contributed by atoms with van der Waals surface area (Å²) in [7, 11) is 1.83. The van der Waals surface area contributed by atoms with Crippen LogP contribution in [0.4, 0.5) is 0 Å². The van der Waals surface area contributed by atoms with Gasteiger partial charge in [-0.15, -0.1) is 0 Å². The molecule has 3 rings (SSSR count). The number of aromatic nitrogens is 4. The Balaban J connectivity index is 2.10. The van der Waals surface area contributed by atoms with Crippen LogP contribution in [0.25, 0.3) is 22.5 Å². The largest absolute Gasteiger partial charge is 0.390 e. The number of aliphatic hydroxyl groups excluding tert-OH is 1. The summed E-state index contributed by atoms with van der Waals surface area (Å²) in [5.74, 6) is 0. The fraction of sp³-hybridized carbons (Fsp3) is 0.133. The summed E-state index contributed by atoms with van der Waals surface area (Å²) >= 11 is 5.90. The number of halogens is 1. The third-order valence-electron chi connectivity index (χ3n) is 3.12. The van der Waals surface area contributed by atoms with Crippen LogP contribution >= 0.6 is 11.6 Å². The fourth-order valence-corrected chi connectivity index (χ4v) is 2.19. The van der Waals surface area contributed by atoms with Crippen LogP contribution in [-0.2, 0) is 13.7 Å². The number of hydrogen-bond donors (Lipinski definition) is 1. The Hall–Kier alpha value is -2.24. The topological polar surface area (TPSA) is 63.8 Å². The lowest BCUT2D eigenvalue weighted by atomic mass is 10.1. The fourth-order valence-electron chi connectivity index (χ4n) is 2.06. The quantitative estimate of drug-likeness (QED) is 0.808. The highest BCUT2D eigenvalue weighted by atomic mass is 35.5. The van der Waals surface area contributed by atoms with Gasteiger partial charge in [-0.2, -0.15) is 5.10 Å². The lowest BCUT2D eigenvalue weighted by molar-refractivity contribution is 0.277. The molecule has 0 radical (unpaired) electrons. The minimum Gasteiger partial charge on any atom is -0.390 e. The Morgan fingerprint density at radius 1 is 1.14 bits per heavy atom. The van der Waals surface area contributed by atoms with Gasteiger partial charge in [0, 0.05) is 29.4 Å². The zero-order valence-corrected chi connectivity index (χ0v) is 12.1. The Bertz CT molecular complexity index is 768. The number of benzene rings is 1. The first-order valence-electron chi connectivity index (χ1n) is 6.39. The molecule has 0 saturated carbocycles. The van der Waals surface area contributed by atoms with Crippen LogP contribution in [0.1, 0.15) is 5.69 Å². The van der Waals surface area contributed by atoms with Gasteiger partial charge in [-0.25, -0.2) is 4.98 Å². The van der Waals surface area contributed by atoms with E-state index in [2.05, 4.69) is 15.1 Å². The molecule has 0 aliphatic heterocycles. The molecule has 1 aromatic carbocycles. The summed E-state index contributed by atoms with van der Waals surface area (Å²) in [4.78, 5) is 8.91. The van der Waals surface area contributed by atoms with Gasteiger partial charge in [0.15, 0.2) is 0 Å². The summed E-state index contributed by atoms with van der Waals surface area (Å²) in [6.45, 7) is -0.169. The maximum atomic E-state index is 9.44. The molecule has 0 aliphatic carbocycles. The van der Waals surface area contributed by atoms with Gasteiger partial charge in [0.2, 0.25) is 0 Å². The van der Waals surface area contributed by atoms with Crippen molar-refractivity contribution in [1.82, 2.24) is 19.7 Å². The summed E-state index contributed by atoms with van der Waals surface area (Å²) in [6.07, 6.45) is 5.19. The minimum atomic E-state index is -0.169. The lowest BCUT2D eigenvalue weighted by Gasteiger charge is -2.07. The van der Waals surface area contributed by atoms with E-state index in [4.69, 9.17) is 11.6 Å². The van der Waals surface area contributed by atoms with Crippen molar-refractivity contribution in [2.75, 3.05) is 0 Å². The normalized spacial score (nSPS) is 10.8. The number of aliphatic hydroxyl groups is 1. The zero-order chi connectivity index (χ0) is 14.8. The maximum Gasteiger partial charge on any atom is 0.0980 e. The monoisotopic (exact) mass is 300 g/mol. The van der Waals surface area contributed by atoms with E-state index in [1.54, 1.807) is 17.1 Å². The predicted molar refractivity (Wildman–Crippen MR) is 80.6 cm³/mol. The molecule has 21 heavy (non-hydrogen) atoms. The molecule has 3 aromatic rings. The molecule has 0 atom stereocenters. The molecular formula is C15H13ClN4O. The van der Waals surface area contributed by atoms with Crippen molar-refractivity contribution in [3.8, 4) is 22.5 Å². The van der Waals surface area contributed by atoms with Crippen molar-refractivity contribution in [1.29, 1.82) is 0 Å². The summed E-state index contributed by atoms with van der Waals surface area (Å²) in [6, 6.07) is 7.39. The lowest BCUT2D eigenvalue weighted by Crippen LogP contribution is -1.98. The van der Waals surface area contributed by atoms with Crippen molar-refractivity contribution in [2.24, 2.45) is 7.05 Å². The maximum absolute atomic E-state index is 9.44. The standard InChI is InChI=1S/C15H13ClN4O/c1-20-8-11(6-18-20)15-14(9-21)17-7-13(19-15)10-2-4-12(16)5-3-10/h2-8,21H,9H2,1H3. The number of nitrogens with zero attached hydrogens (tertiary/aromatic N) is 4. The highest BCUT2D eigenvalue weighted by Gasteiger charge is 2.12. The molecule has 0 unspecified atom stereocenters. The molecule has 5 nitrogen and oxygen atoms in total. The molecule has 106 valence electrons. The van der Waals surface area contributed by atoms with E-state index in [1.807, 2.05) is 37.5 Å². The molecule has 2 heterocycles. The minimum absolute atomic E-state index is 0.169. The second-order valence-electron chi connectivity index (χ2n) is 4.62. The van der Waals surface area contributed by atoms with Gasteiger partial charge in [-0.3, -0.25) is 9.67 Å². The van der Waals surface area contributed by atoms with Crippen LogP contribution in [0.3, 0.4) is 0 Å². The zero-order valence-electron chi connectivity index (χ0n) is 11.4. The molecule has 2 aromatic heterocycles. The summed E-state index contributed by atoms with van der Waals surface area (Å²) in [5.41, 5.74) is 3.63. The van der Waals surface area contributed by atoms with E-state index in [9.17, 15) is 5.11 Å². The van der Waals surface area contributed by atoms with Gasteiger partial charge in [0.05, 0.1) is 36.1 Å². The molecule has 0 bridgehead atoms. The molecule has 0 saturated heterocycles. The Labute approximate surface area is 126 Å². The molecule has 1 N–H and O–H groups in total. The average molecular weight is 301 g/mol. The van der Waals surface area contributed by atoms with Gasteiger partial charge in [-0.05, 0) is 12.1 Å². The average Bonchev–Trinajstić information content (AvgIpc) is 2.94. The molecule has 0 amide bonds. The first-order valence-corrected chi connectivity index (χ1v) is 6.77. The number of rotatable bonds is 3. The van der Waals surface area contributed by atoms with Crippen LogP contribution in [0.15, 0.2) is 42.9 Å². The third-order valence-corrected chi connectivity index (χ3v) is 3.37. The van der Waals surface area contributed by atoms with Crippen molar-refractivity contribution >= 4 is 11.6 Å². The molecular weight excluding hydrogens is 288 g/mol. The van der Waals surface area contributed by atoms with Crippen LogP contribution in [0, 0.1) is 0 Å². The van der Waals surface area contributed by atoms with Gasteiger partial charge in [0.25, 0.3) is 0 Å². The Morgan fingerprint density at radius 3 is 2.52 bits per heavy atom. The van der Waals surface area contributed by atoms with Gasteiger partial charge in [-0.1, -0.05) is 23.7 Å². The Morgan fingerprint density at radius 2 is 1.90 bits per heavy atom. The highest BCUT2D eigenvalue weighted by Crippen LogP contribution is 2.25. The summed E-state index contributed by atoms with van der Waals surface area (Å²) < 4.78 is 1.69. The molecule has 0 aliphatic rings. The van der Waals surface area contributed by atoms with Gasteiger partial charge < -0.3 is 5.11 Å². The third kappa shape index (κ3) is 2.79. The van der Waals surface area contributed by atoms with E-state index in [-0.39, 0.29) is 6.61 Å². The predicted octanol–water partition coefficient (Wildman–Crippen LogP) is 2.69. The van der Waals surface area contributed by atoms with E-state index in [1.165, 1.54) is 0 Å². The summed E-state index contributed by atoms with van der Waals surface area (Å²) in [5, 5.41) is 14.2. The number of hydrogen-bond acceptors (Lipinski definition) is 4. The second kappa shape index (κ2) is 5.63. The number of aryl methyl sites for hydroxylation is 1.